The Morgan fingerprint density at radius 1 is 1.14 bits per heavy atom. The maximum Gasteiger partial charge on any atom is 0.230 e. The molecule has 1 aliphatic rings. The Hall–Kier alpha value is -1.81. The minimum Gasteiger partial charge on any atom is -0.381 e. The molecule has 1 saturated heterocycles. The highest BCUT2D eigenvalue weighted by atomic mass is 16.5. The molecule has 0 aliphatic carbocycles. The number of anilines is 1. The molecule has 0 bridgehead atoms. The highest BCUT2D eigenvalue weighted by Gasteiger charge is 2.25. The number of hydrogen-bond acceptors (Lipinski definition) is 4. The Bertz CT molecular complexity index is 596. The fourth-order valence-electron chi connectivity index (χ4n) is 2.89. The van der Waals surface area contributed by atoms with Gasteiger partial charge in [0.15, 0.2) is 0 Å². The third-order valence-corrected chi connectivity index (χ3v) is 4.22. The van der Waals surface area contributed by atoms with Crippen LogP contribution in [0.25, 0.3) is 11.1 Å². The van der Waals surface area contributed by atoms with E-state index in [9.17, 15) is 0 Å². The minimum atomic E-state index is 0.375. The summed E-state index contributed by atoms with van der Waals surface area (Å²) in [6.07, 6.45) is 1.95. The number of nitrogen functional groups attached to an aromatic ring is 1. The van der Waals surface area contributed by atoms with E-state index in [0.29, 0.717) is 17.7 Å². The molecule has 0 unspecified atom stereocenters. The van der Waals surface area contributed by atoms with Crippen molar-refractivity contribution in [2.75, 3.05) is 18.9 Å². The number of aromatic nitrogens is 1. The molecule has 21 heavy (non-hydrogen) atoms. The summed E-state index contributed by atoms with van der Waals surface area (Å²) in [7, 11) is 0. The van der Waals surface area contributed by atoms with Crippen molar-refractivity contribution in [2.24, 2.45) is 0 Å². The van der Waals surface area contributed by atoms with Crippen LogP contribution in [0.3, 0.4) is 0 Å². The van der Waals surface area contributed by atoms with Crippen molar-refractivity contribution in [1.82, 2.24) is 5.16 Å². The molecule has 1 aromatic carbocycles. The van der Waals surface area contributed by atoms with Gasteiger partial charge < -0.3 is 15.0 Å². The van der Waals surface area contributed by atoms with Gasteiger partial charge in [0.05, 0.1) is 11.3 Å². The number of rotatable bonds is 3. The van der Waals surface area contributed by atoms with E-state index in [1.165, 1.54) is 5.56 Å². The number of nitrogens with zero attached hydrogens (tertiary/aromatic N) is 1. The molecule has 2 heterocycles. The third kappa shape index (κ3) is 2.81. The van der Waals surface area contributed by atoms with Gasteiger partial charge in [0.1, 0.15) is 0 Å². The van der Waals surface area contributed by atoms with Crippen LogP contribution >= 0.6 is 0 Å². The molecule has 2 N–H and O–H groups in total. The van der Waals surface area contributed by atoms with E-state index in [-0.39, 0.29) is 0 Å². The zero-order valence-electron chi connectivity index (χ0n) is 12.6. The first kappa shape index (κ1) is 14.1. The van der Waals surface area contributed by atoms with Crippen LogP contribution in [0.4, 0.5) is 5.88 Å². The normalized spacial score (nSPS) is 16.5. The van der Waals surface area contributed by atoms with Gasteiger partial charge in [-0.15, -0.1) is 0 Å². The van der Waals surface area contributed by atoms with Crippen molar-refractivity contribution in [1.29, 1.82) is 0 Å². The fraction of sp³-hybridized carbons (Fsp3) is 0.471. The van der Waals surface area contributed by atoms with Crippen molar-refractivity contribution < 1.29 is 9.26 Å². The average molecular weight is 286 g/mol. The maximum absolute atomic E-state index is 6.02. The summed E-state index contributed by atoms with van der Waals surface area (Å²) < 4.78 is 10.7. The Morgan fingerprint density at radius 3 is 2.43 bits per heavy atom. The maximum atomic E-state index is 6.02. The zero-order valence-corrected chi connectivity index (χ0v) is 12.6. The number of hydrogen-bond donors (Lipinski definition) is 1. The van der Waals surface area contributed by atoms with E-state index in [4.69, 9.17) is 15.0 Å². The van der Waals surface area contributed by atoms with Crippen LogP contribution in [-0.4, -0.2) is 18.4 Å². The van der Waals surface area contributed by atoms with Crippen molar-refractivity contribution in [3.8, 4) is 11.1 Å². The summed E-state index contributed by atoms with van der Waals surface area (Å²) in [4.78, 5) is 0. The van der Waals surface area contributed by atoms with Crippen LogP contribution in [0.15, 0.2) is 28.8 Å². The topological polar surface area (TPSA) is 61.3 Å². The van der Waals surface area contributed by atoms with Crippen LogP contribution in [0.2, 0.25) is 0 Å². The second-order valence-corrected chi connectivity index (χ2v) is 5.97. The fourth-order valence-corrected chi connectivity index (χ4v) is 2.89. The van der Waals surface area contributed by atoms with Gasteiger partial charge in [0.2, 0.25) is 5.88 Å². The smallest absolute Gasteiger partial charge is 0.230 e. The number of benzene rings is 1. The first-order valence-electron chi connectivity index (χ1n) is 7.60. The van der Waals surface area contributed by atoms with E-state index >= 15 is 0 Å². The van der Waals surface area contributed by atoms with E-state index in [1.807, 2.05) is 0 Å². The molecule has 112 valence electrons. The van der Waals surface area contributed by atoms with Crippen LogP contribution < -0.4 is 5.73 Å². The lowest BCUT2D eigenvalue weighted by molar-refractivity contribution is 0.0839. The van der Waals surface area contributed by atoms with Gasteiger partial charge in [0, 0.05) is 19.1 Å². The summed E-state index contributed by atoms with van der Waals surface area (Å²) in [5.74, 6) is 1.31. The van der Waals surface area contributed by atoms with E-state index in [2.05, 4.69) is 43.3 Å². The zero-order chi connectivity index (χ0) is 14.8. The van der Waals surface area contributed by atoms with Gasteiger partial charge >= 0.3 is 0 Å². The van der Waals surface area contributed by atoms with Gasteiger partial charge in [-0.05, 0) is 29.9 Å². The SMILES string of the molecule is CC(C)c1ccc(-c2c(C3CCOCC3)noc2N)cc1. The molecular formula is C17H22N2O2. The lowest BCUT2D eigenvalue weighted by Gasteiger charge is -2.21. The third-order valence-electron chi connectivity index (χ3n) is 4.22. The molecule has 0 atom stereocenters. The summed E-state index contributed by atoms with van der Waals surface area (Å²) in [6, 6.07) is 8.53. The average Bonchev–Trinajstić information content (AvgIpc) is 2.90. The molecule has 0 saturated carbocycles. The van der Waals surface area contributed by atoms with Crippen LogP contribution in [0.1, 0.15) is 49.8 Å². The van der Waals surface area contributed by atoms with Gasteiger partial charge in [-0.1, -0.05) is 43.3 Å². The van der Waals surface area contributed by atoms with Crippen LogP contribution in [0.5, 0.6) is 0 Å². The van der Waals surface area contributed by atoms with Gasteiger partial charge in [0.25, 0.3) is 0 Å². The molecule has 1 aromatic heterocycles. The standard InChI is InChI=1S/C17H22N2O2/c1-11(2)12-3-5-13(6-4-12)15-16(19-21-17(15)18)14-7-9-20-10-8-14/h3-6,11,14H,7-10,18H2,1-2H3. The quantitative estimate of drug-likeness (QED) is 0.928. The molecule has 1 aliphatic heterocycles. The Kier molecular flexibility index (Phi) is 3.97. The van der Waals surface area contributed by atoms with Crippen molar-refractivity contribution >= 4 is 5.88 Å². The van der Waals surface area contributed by atoms with Crippen molar-refractivity contribution in [2.45, 2.75) is 38.5 Å². The molecule has 4 nitrogen and oxygen atoms in total. The highest BCUT2D eigenvalue weighted by molar-refractivity contribution is 5.75. The largest absolute Gasteiger partial charge is 0.381 e. The minimum absolute atomic E-state index is 0.375. The molecule has 2 aromatic rings. The van der Waals surface area contributed by atoms with Gasteiger partial charge in [-0.3, -0.25) is 0 Å². The Balaban J connectivity index is 1.95. The molecule has 1 fully saturated rings. The van der Waals surface area contributed by atoms with E-state index in [0.717, 1.165) is 42.9 Å². The second kappa shape index (κ2) is 5.90. The molecule has 3 rings (SSSR count). The van der Waals surface area contributed by atoms with Gasteiger partial charge in [-0.25, -0.2) is 0 Å². The second-order valence-electron chi connectivity index (χ2n) is 5.97. The molecule has 0 radical (unpaired) electrons. The lowest BCUT2D eigenvalue weighted by Crippen LogP contribution is -2.15. The summed E-state index contributed by atoms with van der Waals surface area (Å²) in [5, 5.41) is 4.22. The lowest BCUT2D eigenvalue weighted by atomic mass is 9.90. The van der Waals surface area contributed by atoms with Crippen LogP contribution in [-0.2, 0) is 4.74 Å². The summed E-state index contributed by atoms with van der Waals surface area (Å²) in [6.45, 7) is 5.94. The predicted molar refractivity (Wildman–Crippen MR) is 83.2 cm³/mol. The van der Waals surface area contributed by atoms with E-state index < -0.39 is 0 Å². The first-order chi connectivity index (χ1) is 10.2. The number of nitrogens with two attached hydrogens (primary N) is 1. The molecule has 4 heteroatoms. The van der Waals surface area contributed by atoms with Gasteiger partial charge in [-0.2, -0.15) is 0 Å². The van der Waals surface area contributed by atoms with Crippen LogP contribution in [0, 0.1) is 0 Å². The van der Waals surface area contributed by atoms with Crippen molar-refractivity contribution in [3.05, 3.63) is 35.5 Å². The number of ether oxygens (including phenoxy) is 1. The molecular weight excluding hydrogens is 264 g/mol. The predicted octanol–water partition coefficient (Wildman–Crippen LogP) is 3.94. The Labute approximate surface area is 125 Å². The van der Waals surface area contributed by atoms with E-state index in [1.54, 1.807) is 0 Å². The monoisotopic (exact) mass is 286 g/mol. The Morgan fingerprint density at radius 2 is 1.81 bits per heavy atom. The van der Waals surface area contributed by atoms with Crippen molar-refractivity contribution in [3.63, 3.8) is 0 Å². The summed E-state index contributed by atoms with van der Waals surface area (Å²) >= 11 is 0. The molecule has 0 spiro atoms. The highest BCUT2D eigenvalue weighted by Crippen LogP contribution is 2.38. The first-order valence-corrected chi connectivity index (χ1v) is 7.60. The summed E-state index contributed by atoms with van der Waals surface area (Å²) in [5.41, 5.74) is 10.4. The molecule has 0 amide bonds.